The van der Waals surface area contributed by atoms with E-state index in [0.29, 0.717) is 0 Å². The Labute approximate surface area is 125 Å². The van der Waals surface area contributed by atoms with Gasteiger partial charge >= 0.3 is 0 Å². The molecule has 0 unspecified atom stereocenters. The quantitative estimate of drug-likeness (QED) is 0.857. The molecule has 0 bridgehead atoms. The Balaban J connectivity index is 2.88. The molecule has 1 N–H and O–H groups in total. The third kappa shape index (κ3) is 4.98. The Morgan fingerprint density at radius 2 is 1.79 bits per heavy atom. The molecule has 1 amide bonds. The van der Waals surface area contributed by atoms with Gasteiger partial charge in [-0.3, -0.25) is 4.79 Å². The zero-order chi connectivity index (χ0) is 14.8. The van der Waals surface area contributed by atoms with Gasteiger partial charge < -0.3 is 5.32 Å². The van der Waals surface area contributed by atoms with Crippen molar-refractivity contribution in [2.45, 2.75) is 53.5 Å². The number of carbonyl (C=O) groups excluding carboxylic acids is 1. The Morgan fingerprint density at radius 3 is 2.32 bits per heavy atom. The molecule has 1 aromatic rings. The normalized spacial score (nSPS) is 12.4. The first-order valence-corrected chi connectivity index (χ1v) is 7.39. The molecule has 106 valence electrons. The molecule has 0 heterocycles. The van der Waals surface area contributed by atoms with Gasteiger partial charge in [-0.1, -0.05) is 42.8 Å². The summed E-state index contributed by atoms with van der Waals surface area (Å²) < 4.78 is 0.966. The lowest BCUT2D eigenvalue weighted by molar-refractivity contribution is 0.0890. The summed E-state index contributed by atoms with van der Waals surface area (Å²) in [5.74, 6) is -0.00644. The molecule has 19 heavy (non-hydrogen) atoms. The molecule has 0 aliphatic rings. The number of hydrogen-bond acceptors (Lipinski definition) is 1. The molecule has 3 heteroatoms. The maximum Gasteiger partial charge on any atom is 0.251 e. The molecule has 0 spiro atoms. The van der Waals surface area contributed by atoms with Crippen molar-refractivity contribution in [3.05, 3.63) is 33.8 Å². The van der Waals surface area contributed by atoms with Crippen LogP contribution in [0.1, 0.15) is 57.0 Å². The van der Waals surface area contributed by atoms with Crippen LogP contribution in [0.4, 0.5) is 0 Å². The number of nitrogens with one attached hydrogen (secondary N) is 1. The summed E-state index contributed by atoms with van der Waals surface area (Å²) in [6, 6.07) is 5.71. The number of amides is 1. The van der Waals surface area contributed by atoms with E-state index >= 15 is 0 Å². The Kier molecular flexibility index (Phi) is 4.83. The van der Waals surface area contributed by atoms with Crippen molar-refractivity contribution in [1.82, 2.24) is 5.32 Å². The van der Waals surface area contributed by atoms with Crippen molar-refractivity contribution >= 4 is 21.8 Å². The third-order valence-electron chi connectivity index (χ3n) is 2.94. The van der Waals surface area contributed by atoms with Crippen LogP contribution in [0.2, 0.25) is 0 Å². The van der Waals surface area contributed by atoms with Gasteiger partial charge in [-0.15, -0.1) is 0 Å². The Bertz CT molecular complexity index is 472. The minimum atomic E-state index is -0.218. The van der Waals surface area contributed by atoms with Crippen LogP contribution in [0, 0.1) is 12.3 Å². The SMILES string of the molecule is Cc1c(Br)cccc1C(=O)NC(C)(C)CC(C)(C)C. The molecule has 0 saturated heterocycles. The highest BCUT2D eigenvalue weighted by Gasteiger charge is 2.27. The van der Waals surface area contributed by atoms with Crippen molar-refractivity contribution in [1.29, 1.82) is 0 Å². The Hall–Kier alpha value is -0.830. The van der Waals surface area contributed by atoms with Crippen LogP contribution in [0.3, 0.4) is 0 Å². The second-order valence-electron chi connectivity index (χ2n) is 6.99. The fourth-order valence-corrected chi connectivity index (χ4v) is 2.96. The summed E-state index contributed by atoms with van der Waals surface area (Å²) in [6.45, 7) is 12.7. The summed E-state index contributed by atoms with van der Waals surface area (Å²) in [7, 11) is 0. The van der Waals surface area contributed by atoms with E-state index in [0.717, 1.165) is 22.0 Å². The van der Waals surface area contributed by atoms with Crippen molar-refractivity contribution < 1.29 is 4.79 Å². The number of hydrogen-bond donors (Lipinski definition) is 1. The average Bonchev–Trinajstić information content (AvgIpc) is 2.17. The summed E-state index contributed by atoms with van der Waals surface area (Å²) in [5, 5.41) is 3.14. The molecule has 0 saturated carbocycles. The largest absolute Gasteiger partial charge is 0.347 e. The van der Waals surface area contributed by atoms with Gasteiger partial charge in [-0.2, -0.15) is 0 Å². The molecule has 0 radical (unpaired) electrons. The van der Waals surface area contributed by atoms with Crippen LogP contribution in [0.5, 0.6) is 0 Å². The lowest BCUT2D eigenvalue weighted by Crippen LogP contribution is -2.46. The molecule has 0 aliphatic carbocycles. The van der Waals surface area contributed by atoms with Crippen LogP contribution < -0.4 is 5.32 Å². The van der Waals surface area contributed by atoms with Crippen molar-refractivity contribution in [3.63, 3.8) is 0 Å². The smallest absolute Gasteiger partial charge is 0.251 e. The average molecular weight is 326 g/mol. The predicted octanol–water partition coefficient (Wildman–Crippen LogP) is 4.70. The lowest BCUT2D eigenvalue weighted by Gasteiger charge is -2.33. The van der Waals surface area contributed by atoms with E-state index in [1.54, 1.807) is 0 Å². The van der Waals surface area contributed by atoms with E-state index in [4.69, 9.17) is 0 Å². The third-order valence-corrected chi connectivity index (χ3v) is 3.80. The van der Waals surface area contributed by atoms with Crippen molar-refractivity contribution in [2.75, 3.05) is 0 Å². The molecular weight excluding hydrogens is 302 g/mol. The summed E-state index contributed by atoms with van der Waals surface area (Å²) >= 11 is 3.46. The molecule has 0 aliphatic heterocycles. The summed E-state index contributed by atoms with van der Waals surface area (Å²) in [6.07, 6.45) is 0.929. The van der Waals surface area contributed by atoms with Crippen LogP contribution in [0.15, 0.2) is 22.7 Å². The lowest BCUT2D eigenvalue weighted by atomic mass is 9.81. The molecule has 1 rings (SSSR count). The molecular formula is C16H24BrNO. The van der Waals surface area contributed by atoms with Crippen LogP contribution in [-0.2, 0) is 0 Å². The van der Waals surface area contributed by atoms with Gasteiger partial charge in [0, 0.05) is 15.6 Å². The van der Waals surface area contributed by atoms with E-state index in [1.807, 2.05) is 25.1 Å². The van der Waals surface area contributed by atoms with E-state index in [1.165, 1.54) is 0 Å². The summed E-state index contributed by atoms with van der Waals surface area (Å²) in [4.78, 5) is 12.4. The second-order valence-corrected chi connectivity index (χ2v) is 7.84. The van der Waals surface area contributed by atoms with Gasteiger partial charge in [0.15, 0.2) is 0 Å². The summed E-state index contributed by atoms with van der Waals surface area (Å²) in [5.41, 5.74) is 1.68. The first-order chi connectivity index (χ1) is 8.52. The zero-order valence-corrected chi connectivity index (χ0v) is 14.3. The van der Waals surface area contributed by atoms with Gasteiger partial charge in [0.1, 0.15) is 0 Å². The van der Waals surface area contributed by atoms with Gasteiger partial charge in [0.25, 0.3) is 5.91 Å². The predicted molar refractivity (Wildman–Crippen MR) is 84.5 cm³/mol. The van der Waals surface area contributed by atoms with E-state index in [2.05, 4.69) is 55.9 Å². The van der Waals surface area contributed by atoms with Gasteiger partial charge in [-0.05, 0) is 50.3 Å². The molecule has 2 nitrogen and oxygen atoms in total. The zero-order valence-electron chi connectivity index (χ0n) is 12.7. The fourth-order valence-electron chi connectivity index (χ4n) is 2.60. The van der Waals surface area contributed by atoms with Gasteiger partial charge in [-0.25, -0.2) is 0 Å². The maximum absolute atomic E-state index is 12.4. The fraction of sp³-hybridized carbons (Fsp3) is 0.562. The molecule has 1 aromatic carbocycles. The van der Waals surface area contributed by atoms with E-state index in [9.17, 15) is 4.79 Å². The molecule has 0 atom stereocenters. The van der Waals surface area contributed by atoms with Crippen LogP contribution >= 0.6 is 15.9 Å². The number of carbonyl (C=O) groups is 1. The Morgan fingerprint density at radius 1 is 1.21 bits per heavy atom. The standard InChI is InChI=1S/C16H24BrNO/c1-11-12(8-7-9-13(11)17)14(19)18-16(5,6)10-15(2,3)4/h7-9H,10H2,1-6H3,(H,18,19). The highest BCUT2D eigenvalue weighted by atomic mass is 79.9. The molecule has 0 aromatic heterocycles. The van der Waals surface area contributed by atoms with Crippen molar-refractivity contribution in [2.24, 2.45) is 5.41 Å². The number of benzene rings is 1. The first kappa shape index (κ1) is 16.2. The number of halogens is 1. The second kappa shape index (κ2) is 5.66. The highest BCUT2D eigenvalue weighted by Crippen LogP contribution is 2.27. The topological polar surface area (TPSA) is 29.1 Å². The van der Waals surface area contributed by atoms with Crippen molar-refractivity contribution in [3.8, 4) is 0 Å². The first-order valence-electron chi connectivity index (χ1n) is 6.59. The van der Waals surface area contributed by atoms with Crippen LogP contribution in [0.25, 0.3) is 0 Å². The van der Waals surface area contributed by atoms with Gasteiger partial charge in [0.2, 0.25) is 0 Å². The minimum absolute atomic E-state index is 0.00644. The monoisotopic (exact) mass is 325 g/mol. The van der Waals surface area contributed by atoms with Gasteiger partial charge in [0.05, 0.1) is 0 Å². The highest BCUT2D eigenvalue weighted by molar-refractivity contribution is 9.10. The number of rotatable bonds is 3. The van der Waals surface area contributed by atoms with E-state index < -0.39 is 0 Å². The van der Waals surface area contributed by atoms with E-state index in [-0.39, 0.29) is 16.9 Å². The maximum atomic E-state index is 12.4. The van der Waals surface area contributed by atoms with Crippen LogP contribution in [-0.4, -0.2) is 11.4 Å². The minimum Gasteiger partial charge on any atom is -0.347 e. The molecule has 0 fully saturated rings.